The van der Waals surface area contributed by atoms with Gasteiger partial charge in [-0.05, 0) is 44.2 Å². The van der Waals surface area contributed by atoms with Crippen molar-refractivity contribution >= 4 is 29.3 Å². The summed E-state index contributed by atoms with van der Waals surface area (Å²) in [5.74, 6) is -5.87. The fraction of sp³-hybridized carbons (Fsp3) is 0.293. The van der Waals surface area contributed by atoms with Crippen LogP contribution >= 0.6 is 0 Å². The molecular weight excluding hydrogens is 719 g/mol. The average molecular weight is 755 g/mol. The third-order valence-corrected chi connectivity index (χ3v) is 10.2. The van der Waals surface area contributed by atoms with Crippen LogP contribution in [-0.2, 0) is 30.2 Å². The highest BCUT2D eigenvalue weighted by Crippen LogP contribution is 2.52. The lowest BCUT2D eigenvalue weighted by Gasteiger charge is -2.44. The molecule has 0 bridgehead atoms. The Morgan fingerprint density at radius 1 is 0.800 bits per heavy atom. The summed E-state index contributed by atoms with van der Waals surface area (Å²) in [4.78, 5) is 67.1. The first-order valence-electron chi connectivity index (χ1n) is 17.3. The van der Waals surface area contributed by atoms with Crippen LogP contribution in [0.25, 0.3) is 0 Å². The van der Waals surface area contributed by atoms with Crippen LogP contribution in [-0.4, -0.2) is 88.1 Å². The normalized spacial score (nSPS) is 25.5. The van der Waals surface area contributed by atoms with E-state index in [1.807, 2.05) is 0 Å². The third-order valence-electron chi connectivity index (χ3n) is 10.2. The van der Waals surface area contributed by atoms with Gasteiger partial charge in [0.1, 0.15) is 22.8 Å². The van der Waals surface area contributed by atoms with E-state index in [4.69, 9.17) is 23.7 Å². The Balaban J connectivity index is 1.29. The Kier molecular flexibility index (Phi) is 9.75. The number of benzene rings is 4. The van der Waals surface area contributed by atoms with Gasteiger partial charge in [-0.2, -0.15) is 0 Å². The molecule has 284 valence electrons. The second-order valence-corrected chi connectivity index (χ2v) is 13.6. The van der Waals surface area contributed by atoms with Crippen molar-refractivity contribution in [3.8, 4) is 17.2 Å². The molecule has 0 aromatic heterocycles. The molecule has 7 rings (SSSR count). The van der Waals surface area contributed by atoms with Crippen molar-refractivity contribution in [1.82, 2.24) is 0 Å². The molecular formula is C41H35FO13. The van der Waals surface area contributed by atoms with Crippen molar-refractivity contribution in [3.05, 3.63) is 123 Å². The number of alkyl halides is 1. The summed E-state index contributed by atoms with van der Waals surface area (Å²) >= 11 is 0. The Morgan fingerprint density at radius 3 is 1.96 bits per heavy atom. The maximum absolute atomic E-state index is 16.9. The molecule has 2 aliphatic carbocycles. The number of aliphatic hydroxyl groups is 1. The van der Waals surface area contributed by atoms with Crippen LogP contribution in [0.15, 0.2) is 78.9 Å². The lowest BCUT2D eigenvalue weighted by atomic mass is 9.72. The summed E-state index contributed by atoms with van der Waals surface area (Å²) in [5, 5.41) is 35.0. The largest absolute Gasteiger partial charge is 0.507 e. The Labute approximate surface area is 313 Å². The summed E-state index contributed by atoms with van der Waals surface area (Å²) in [6, 6.07) is 19.8. The Hall–Kier alpha value is -5.96. The fourth-order valence-electron chi connectivity index (χ4n) is 7.37. The number of phenolic OH excluding ortho intramolecular Hbond substituents is 2. The number of hydrogen-bond acceptors (Lipinski definition) is 13. The molecule has 14 heteroatoms. The highest BCUT2D eigenvalue weighted by molar-refractivity contribution is 6.31. The van der Waals surface area contributed by atoms with Crippen molar-refractivity contribution < 1.29 is 67.4 Å². The average Bonchev–Trinajstić information content (AvgIpc) is 3.18. The van der Waals surface area contributed by atoms with Gasteiger partial charge in [0.15, 0.2) is 36.2 Å². The number of aromatic hydroxyl groups is 2. The number of fused-ring (bicyclic) bond motifs is 3. The Morgan fingerprint density at radius 2 is 1.38 bits per heavy atom. The zero-order chi connectivity index (χ0) is 39.3. The number of carbonyl (C=O) groups is 5. The second-order valence-electron chi connectivity index (χ2n) is 13.6. The van der Waals surface area contributed by atoms with Crippen LogP contribution in [0.4, 0.5) is 4.39 Å². The van der Waals surface area contributed by atoms with Crippen LogP contribution in [0.3, 0.4) is 0 Å². The minimum absolute atomic E-state index is 0.0281. The quantitative estimate of drug-likeness (QED) is 0.146. The number of esters is 2. The molecule has 1 fully saturated rings. The molecule has 0 amide bonds. The van der Waals surface area contributed by atoms with Gasteiger partial charge in [-0.1, -0.05) is 48.5 Å². The summed E-state index contributed by atoms with van der Waals surface area (Å²) < 4.78 is 45.5. The Bertz CT molecular complexity index is 2220. The first-order chi connectivity index (χ1) is 26.2. The molecule has 0 saturated carbocycles. The smallest absolute Gasteiger partial charge is 0.338 e. The van der Waals surface area contributed by atoms with Crippen molar-refractivity contribution in [2.24, 2.45) is 0 Å². The SMILES string of the molecule is COc1cccc2c1C(=O)c1c(O)c3c(c(O)c1C2=O)C[C@@](O)(C(C)=O)C[C@@H]3O[C@@H]1O[C@@H](C)[C@@H](OC(=O)c2ccccc2)[C@@H](OC(=O)c2ccccc2)[C@@H]1F. The number of phenols is 2. The highest BCUT2D eigenvalue weighted by Gasteiger charge is 2.54. The van der Waals surface area contributed by atoms with E-state index in [0.717, 1.165) is 6.92 Å². The summed E-state index contributed by atoms with van der Waals surface area (Å²) in [6.45, 7) is 2.50. The fourth-order valence-corrected chi connectivity index (χ4v) is 7.37. The van der Waals surface area contributed by atoms with E-state index in [2.05, 4.69) is 0 Å². The second kappa shape index (κ2) is 14.4. The highest BCUT2D eigenvalue weighted by atomic mass is 19.1. The van der Waals surface area contributed by atoms with E-state index in [0.29, 0.717) is 0 Å². The van der Waals surface area contributed by atoms with E-state index in [9.17, 15) is 39.3 Å². The minimum atomic E-state index is -2.40. The van der Waals surface area contributed by atoms with Crippen LogP contribution in [0.5, 0.6) is 17.2 Å². The van der Waals surface area contributed by atoms with E-state index < -0.39 is 107 Å². The van der Waals surface area contributed by atoms with Gasteiger partial charge in [-0.25, -0.2) is 14.0 Å². The minimum Gasteiger partial charge on any atom is -0.507 e. The van der Waals surface area contributed by atoms with Gasteiger partial charge in [0, 0.05) is 29.5 Å². The van der Waals surface area contributed by atoms with Crippen LogP contribution in [0, 0.1) is 0 Å². The van der Waals surface area contributed by atoms with E-state index in [-0.39, 0.29) is 39.1 Å². The van der Waals surface area contributed by atoms with Gasteiger partial charge in [-0.3, -0.25) is 14.4 Å². The molecule has 1 aliphatic heterocycles. The van der Waals surface area contributed by atoms with Gasteiger partial charge >= 0.3 is 11.9 Å². The van der Waals surface area contributed by atoms with E-state index >= 15 is 4.39 Å². The van der Waals surface area contributed by atoms with Crippen molar-refractivity contribution in [3.63, 3.8) is 0 Å². The zero-order valence-electron chi connectivity index (χ0n) is 29.7. The number of halogens is 1. The number of methoxy groups -OCH3 is 1. The molecule has 55 heavy (non-hydrogen) atoms. The standard InChI is InChI=1S/C41H35FO13/c1-19-36(54-38(48)21-11-6-4-7-12-21)37(55-39(49)22-13-8-5-9-14-22)31(42)40(52-19)53-26-18-41(50,20(2)43)17-24-28(26)35(47)30-29(33(24)45)32(44)23-15-10-16-25(51-3)27(23)34(30)46/h4-16,19,26,31,36-37,40,45,47,50H,17-18H2,1-3H3/t19-,26-,31-,36+,37-,40-,41-/m0/s1. The van der Waals surface area contributed by atoms with Gasteiger partial charge < -0.3 is 39.0 Å². The monoisotopic (exact) mass is 754 g/mol. The zero-order valence-corrected chi connectivity index (χ0v) is 29.7. The number of ketones is 3. The van der Waals surface area contributed by atoms with Crippen molar-refractivity contribution in [1.29, 1.82) is 0 Å². The lowest BCUT2D eigenvalue weighted by molar-refractivity contribution is -0.293. The van der Waals surface area contributed by atoms with Gasteiger partial charge in [0.2, 0.25) is 5.78 Å². The van der Waals surface area contributed by atoms with Gasteiger partial charge in [0.05, 0.1) is 47.1 Å². The van der Waals surface area contributed by atoms with E-state index in [1.165, 1.54) is 56.5 Å². The summed E-state index contributed by atoms with van der Waals surface area (Å²) in [6.07, 6.45) is -11.8. The molecule has 7 atom stereocenters. The predicted molar refractivity (Wildman–Crippen MR) is 188 cm³/mol. The molecule has 0 radical (unpaired) electrons. The number of carbonyl (C=O) groups excluding carboxylic acids is 5. The molecule has 13 nitrogen and oxygen atoms in total. The number of Topliss-reactive ketones (excluding diaryl/α,β-unsaturated/α-hetero) is 1. The summed E-state index contributed by atoms with van der Waals surface area (Å²) in [5.41, 5.74) is -4.09. The molecule has 4 aromatic rings. The topological polar surface area (TPSA) is 192 Å². The predicted octanol–water partition coefficient (Wildman–Crippen LogP) is 4.74. The lowest BCUT2D eigenvalue weighted by Crippen LogP contribution is -2.59. The third kappa shape index (κ3) is 6.41. The first-order valence-corrected chi connectivity index (χ1v) is 17.3. The molecule has 0 spiro atoms. The van der Waals surface area contributed by atoms with Crippen molar-refractivity contribution in [2.75, 3.05) is 7.11 Å². The van der Waals surface area contributed by atoms with E-state index in [1.54, 1.807) is 36.4 Å². The maximum atomic E-state index is 16.9. The molecule has 1 heterocycles. The first kappa shape index (κ1) is 37.4. The molecule has 1 saturated heterocycles. The van der Waals surface area contributed by atoms with Crippen molar-refractivity contribution in [2.45, 2.75) is 69.2 Å². The van der Waals surface area contributed by atoms with Crippen LogP contribution < -0.4 is 4.74 Å². The molecule has 3 aliphatic rings. The van der Waals surface area contributed by atoms with Gasteiger partial charge in [0.25, 0.3) is 0 Å². The molecule has 3 N–H and O–H groups in total. The number of hydrogen-bond donors (Lipinski definition) is 3. The molecule has 4 aromatic carbocycles. The van der Waals surface area contributed by atoms with Crippen LogP contribution in [0.2, 0.25) is 0 Å². The van der Waals surface area contributed by atoms with Gasteiger partial charge in [-0.15, -0.1) is 0 Å². The summed E-state index contributed by atoms with van der Waals surface area (Å²) in [7, 11) is 1.29. The number of ether oxygens (including phenoxy) is 5. The maximum Gasteiger partial charge on any atom is 0.338 e. The number of rotatable bonds is 8. The van der Waals surface area contributed by atoms with Crippen LogP contribution in [0.1, 0.15) is 90.1 Å². The molecule has 0 unspecified atom stereocenters.